The summed E-state index contributed by atoms with van der Waals surface area (Å²) in [5.41, 5.74) is 6.49. The normalized spacial score (nSPS) is 13.6. The Labute approximate surface area is 103 Å². The second-order valence-corrected chi connectivity index (χ2v) is 4.07. The van der Waals surface area contributed by atoms with Crippen LogP contribution < -0.4 is 5.73 Å². The number of aryl methyl sites for hydroxylation is 2. The molecule has 4 nitrogen and oxygen atoms in total. The smallest absolute Gasteiger partial charge is 0.387 e. The maximum atomic E-state index is 12.7. The monoisotopic (exact) mass is 262 g/mol. The zero-order valence-corrected chi connectivity index (χ0v) is 10.4. The third kappa shape index (κ3) is 3.24. The predicted octanol–water partition coefficient (Wildman–Crippen LogP) is 2.12. The van der Waals surface area contributed by atoms with Crippen molar-refractivity contribution < 1.29 is 13.2 Å². The van der Waals surface area contributed by atoms with Crippen molar-refractivity contribution in [2.75, 3.05) is 0 Å². The first-order valence-corrected chi connectivity index (χ1v) is 5.75. The lowest BCUT2D eigenvalue weighted by Crippen LogP contribution is -2.38. The SMILES string of the molecule is CCc1cc(CC)n(CC(C(=N)N)C(F)(F)F)n1. The van der Waals surface area contributed by atoms with Gasteiger partial charge in [0, 0.05) is 5.69 Å². The maximum Gasteiger partial charge on any atom is 0.400 e. The Hall–Kier alpha value is -1.53. The average Bonchev–Trinajstić information content (AvgIpc) is 2.66. The predicted molar refractivity (Wildman–Crippen MR) is 62.4 cm³/mol. The van der Waals surface area contributed by atoms with Gasteiger partial charge in [0.1, 0.15) is 11.8 Å². The second kappa shape index (κ2) is 5.41. The molecule has 0 saturated heterocycles. The van der Waals surface area contributed by atoms with E-state index in [9.17, 15) is 13.2 Å². The molecule has 7 heteroatoms. The van der Waals surface area contributed by atoms with E-state index in [-0.39, 0.29) is 0 Å². The molecule has 0 aliphatic heterocycles. The highest BCUT2D eigenvalue weighted by Gasteiger charge is 2.42. The quantitative estimate of drug-likeness (QED) is 0.630. The van der Waals surface area contributed by atoms with Gasteiger partial charge in [-0.05, 0) is 18.9 Å². The number of alkyl halides is 3. The van der Waals surface area contributed by atoms with Crippen molar-refractivity contribution in [1.29, 1.82) is 5.41 Å². The van der Waals surface area contributed by atoms with Crippen LogP contribution in [0.25, 0.3) is 0 Å². The van der Waals surface area contributed by atoms with Crippen molar-refractivity contribution in [3.05, 3.63) is 17.5 Å². The minimum absolute atomic E-state index is 0.429. The molecule has 0 aliphatic rings. The number of nitrogens with zero attached hydrogens (tertiary/aromatic N) is 2. The largest absolute Gasteiger partial charge is 0.400 e. The Bertz CT molecular complexity index is 422. The van der Waals surface area contributed by atoms with Crippen LogP contribution in [0, 0.1) is 11.3 Å². The summed E-state index contributed by atoms with van der Waals surface area (Å²) in [6, 6.07) is 1.79. The number of amidine groups is 1. The van der Waals surface area contributed by atoms with Gasteiger partial charge in [0.05, 0.1) is 12.2 Å². The molecule has 0 spiro atoms. The molecule has 1 atom stereocenters. The van der Waals surface area contributed by atoms with Gasteiger partial charge in [-0.15, -0.1) is 0 Å². The van der Waals surface area contributed by atoms with Gasteiger partial charge in [-0.1, -0.05) is 13.8 Å². The van der Waals surface area contributed by atoms with Gasteiger partial charge < -0.3 is 5.73 Å². The molecule has 0 amide bonds. The Balaban J connectivity index is 3.00. The molecule has 1 heterocycles. The average molecular weight is 262 g/mol. The van der Waals surface area contributed by atoms with E-state index in [2.05, 4.69) is 5.10 Å². The second-order valence-electron chi connectivity index (χ2n) is 4.07. The molecule has 3 N–H and O–H groups in total. The third-order valence-corrected chi connectivity index (χ3v) is 2.76. The summed E-state index contributed by atoms with van der Waals surface area (Å²) in [6.07, 6.45) is -3.26. The highest BCUT2D eigenvalue weighted by atomic mass is 19.4. The summed E-state index contributed by atoms with van der Waals surface area (Å²) in [4.78, 5) is 0. The molecule has 1 aromatic rings. The minimum Gasteiger partial charge on any atom is -0.387 e. The lowest BCUT2D eigenvalue weighted by Gasteiger charge is -2.19. The molecule has 0 radical (unpaired) electrons. The van der Waals surface area contributed by atoms with Crippen LogP contribution in [-0.2, 0) is 19.4 Å². The summed E-state index contributed by atoms with van der Waals surface area (Å²) in [6.45, 7) is 3.31. The molecule has 1 rings (SSSR count). The van der Waals surface area contributed by atoms with Crippen LogP contribution >= 0.6 is 0 Å². The van der Waals surface area contributed by atoms with Crippen molar-refractivity contribution in [3.8, 4) is 0 Å². The molecule has 0 fully saturated rings. The van der Waals surface area contributed by atoms with E-state index < -0.39 is 24.5 Å². The van der Waals surface area contributed by atoms with E-state index >= 15 is 0 Å². The van der Waals surface area contributed by atoms with Crippen LogP contribution in [0.2, 0.25) is 0 Å². The standard InChI is InChI=1S/C11H17F3N4/c1-3-7-5-8(4-2)18(17-7)6-9(10(15)16)11(12,13)14/h5,9H,3-4,6H2,1-2H3,(H3,15,16). The van der Waals surface area contributed by atoms with Gasteiger partial charge >= 0.3 is 6.18 Å². The van der Waals surface area contributed by atoms with Gasteiger partial charge in [0.2, 0.25) is 0 Å². The molecular weight excluding hydrogens is 245 g/mol. The van der Waals surface area contributed by atoms with Crippen molar-refractivity contribution >= 4 is 5.84 Å². The molecule has 18 heavy (non-hydrogen) atoms. The van der Waals surface area contributed by atoms with Gasteiger partial charge in [-0.2, -0.15) is 18.3 Å². The number of nitrogens with two attached hydrogens (primary N) is 1. The minimum atomic E-state index is -4.52. The van der Waals surface area contributed by atoms with Crippen molar-refractivity contribution in [3.63, 3.8) is 0 Å². The number of aromatic nitrogens is 2. The summed E-state index contributed by atoms with van der Waals surface area (Å²) >= 11 is 0. The fourth-order valence-electron chi connectivity index (χ4n) is 1.68. The lowest BCUT2D eigenvalue weighted by atomic mass is 10.1. The van der Waals surface area contributed by atoms with Crippen LogP contribution in [0.4, 0.5) is 13.2 Å². The van der Waals surface area contributed by atoms with Crippen molar-refractivity contribution in [1.82, 2.24) is 9.78 Å². The van der Waals surface area contributed by atoms with Crippen LogP contribution in [0.15, 0.2) is 6.07 Å². The Kier molecular flexibility index (Phi) is 4.37. The number of hydrogen-bond acceptors (Lipinski definition) is 2. The van der Waals surface area contributed by atoms with Crippen molar-refractivity contribution in [2.24, 2.45) is 11.7 Å². The van der Waals surface area contributed by atoms with Crippen LogP contribution in [0.3, 0.4) is 0 Å². The Morgan fingerprint density at radius 2 is 2.06 bits per heavy atom. The fourth-order valence-corrected chi connectivity index (χ4v) is 1.68. The number of nitrogens with one attached hydrogen (secondary N) is 1. The number of hydrogen-bond donors (Lipinski definition) is 2. The summed E-state index contributed by atoms with van der Waals surface area (Å²) < 4.78 is 39.5. The molecule has 0 saturated carbocycles. The van der Waals surface area contributed by atoms with Gasteiger partial charge in [-0.25, -0.2) is 0 Å². The highest BCUT2D eigenvalue weighted by molar-refractivity contribution is 5.80. The highest BCUT2D eigenvalue weighted by Crippen LogP contribution is 2.28. The summed E-state index contributed by atoms with van der Waals surface area (Å²) in [5, 5.41) is 11.2. The first-order valence-electron chi connectivity index (χ1n) is 5.75. The topological polar surface area (TPSA) is 67.7 Å². The molecule has 0 bridgehead atoms. The molecule has 0 aliphatic carbocycles. The molecule has 1 aromatic heterocycles. The fraction of sp³-hybridized carbons (Fsp3) is 0.636. The molecule has 0 aromatic carbocycles. The van der Waals surface area contributed by atoms with Crippen molar-refractivity contribution in [2.45, 2.75) is 39.4 Å². The zero-order chi connectivity index (χ0) is 13.9. The third-order valence-electron chi connectivity index (χ3n) is 2.76. The van der Waals surface area contributed by atoms with Crippen LogP contribution in [0.1, 0.15) is 25.2 Å². The zero-order valence-electron chi connectivity index (χ0n) is 10.4. The van der Waals surface area contributed by atoms with E-state index in [1.807, 2.05) is 13.8 Å². The first kappa shape index (κ1) is 14.5. The Morgan fingerprint density at radius 1 is 1.44 bits per heavy atom. The number of halogens is 3. The van der Waals surface area contributed by atoms with E-state index in [1.165, 1.54) is 4.68 Å². The molecule has 102 valence electrons. The Morgan fingerprint density at radius 3 is 2.44 bits per heavy atom. The summed E-state index contributed by atoms with van der Waals surface area (Å²) in [5.74, 6) is -2.86. The molecule has 1 unspecified atom stereocenters. The summed E-state index contributed by atoms with van der Waals surface area (Å²) in [7, 11) is 0. The van der Waals surface area contributed by atoms with E-state index in [0.717, 1.165) is 11.4 Å². The van der Waals surface area contributed by atoms with Gasteiger partial charge in [0.25, 0.3) is 0 Å². The van der Waals surface area contributed by atoms with Gasteiger partial charge in [0.15, 0.2) is 0 Å². The van der Waals surface area contributed by atoms with E-state index in [0.29, 0.717) is 12.8 Å². The van der Waals surface area contributed by atoms with Crippen LogP contribution in [0.5, 0.6) is 0 Å². The lowest BCUT2D eigenvalue weighted by molar-refractivity contribution is -0.159. The number of rotatable bonds is 5. The van der Waals surface area contributed by atoms with E-state index in [4.69, 9.17) is 11.1 Å². The van der Waals surface area contributed by atoms with Crippen LogP contribution in [-0.4, -0.2) is 21.8 Å². The van der Waals surface area contributed by atoms with E-state index in [1.54, 1.807) is 6.07 Å². The maximum absolute atomic E-state index is 12.7. The molecular formula is C11H17F3N4. The van der Waals surface area contributed by atoms with Gasteiger partial charge in [-0.3, -0.25) is 10.1 Å². The first-order chi connectivity index (χ1) is 8.29.